The fourth-order valence-corrected chi connectivity index (χ4v) is 4.41. The van der Waals surface area contributed by atoms with Crippen LogP contribution < -0.4 is 0 Å². The molecular weight excluding hydrogens is 516 g/mol. The van der Waals surface area contributed by atoms with Gasteiger partial charge in [0.15, 0.2) is 0 Å². The summed E-state index contributed by atoms with van der Waals surface area (Å²) in [7, 11) is 0. The van der Waals surface area contributed by atoms with Gasteiger partial charge in [-0.2, -0.15) is 0 Å². The summed E-state index contributed by atoms with van der Waals surface area (Å²) in [4.78, 5) is 32.3. The molecule has 0 saturated heterocycles. The molecule has 6 nitrogen and oxygen atoms in total. The van der Waals surface area contributed by atoms with Crippen molar-refractivity contribution in [2.45, 2.75) is 0 Å². The van der Waals surface area contributed by atoms with E-state index in [0.29, 0.717) is 30.1 Å². The number of rotatable bonds is 6. The maximum atomic E-state index is 10.8. The number of halogens is 3. The van der Waals surface area contributed by atoms with E-state index in [1.165, 1.54) is 18.2 Å². The zero-order valence-corrected chi connectivity index (χ0v) is 16.4. The molecular formula is C15H9Br3O6. The van der Waals surface area contributed by atoms with E-state index in [1.54, 1.807) is 0 Å². The largest absolute Gasteiger partial charge is 0.478 e. The smallest absolute Gasteiger partial charge is 0.328 e. The van der Waals surface area contributed by atoms with Crippen LogP contribution in [0.25, 0.3) is 18.2 Å². The van der Waals surface area contributed by atoms with Crippen molar-refractivity contribution in [2.24, 2.45) is 0 Å². The van der Waals surface area contributed by atoms with E-state index in [0.717, 1.165) is 18.2 Å². The van der Waals surface area contributed by atoms with Crippen LogP contribution in [0.5, 0.6) is 0 Å². The van der Waals surface area contributed by atoms with Crippen LogP contribution in [-0.2, 0) is 14.4 Å². The van der Waals surface area contributed by atoms with E-state index in [1.807, 2.05) is 0 Å². The molecule has 24 heavy (non-hydrogen) atoms. The van der Waals surface area contributed by atoms with Crippen molar-refractivity contribution < 1.29 is 29.7 Å². The van der Waals surface area contributed by atoms with E-state index < -0.39 is 17.9 Å². The second kappa shape index (κ2) is 8.95. The molecule has 0 unspecified atom stereocenters. The highest BCUT2D eigenvalue weighted by atomic mass is 79.9. The van der Waals surface area contributed by atoms with Crippen LogP contribution in [0.4, 0.5) is 0 Å². The second-order valence-corrected chi connectivity index (χ2v) is 6.58. The Kier molecular flexibility index (Phi) is 7.59. The highest BCUT2D eigenvalue weighted by molar-refractivity contribution is 9.11. The first-order chi connectivity index (χ1) is 11.1. The standard InChI is InChI=1S/C15H9Br3O6/c16-13-7(1-4-10(19)20)14(17)9(3-6-12(23)24)15(18)8(13)2-5-11(21)22/h1-6H,(H,19,20)(H,21,22)(H,23,24). The molecule has 1 aromatic carbocycles. The van der Waals surface area contributed by atoms with E-state index >= 15 is 0 Å². The van der Waals surface area contributed by atoms with Crippen molar-refractivity contribution in [1.29, 1.82) is 0 Å². The summed E-state index contributed by atoms with van der Waals surface area (Å²) in [5.41, 5.74) is 1.24. The molecule has 0 aromatic heterocycles. The normalized spacial score (nSPS) is 11.6. The lowest BCUT2D eigenvalue weighted by molar-refractivity contribution is -0.132. The number of carboxylic acid groups (broad SMARTS) is 3. The summed E-state index contributed by atoms with van der Waals surface area (Å²) in [6.07, 6.45) is 6.65. The van der Waals surface area contributed by atoms with Gasteiger partial charge in [-0.05, 0) is 66.0 Å². The lowest BCUT2D eigenvalue weighted by Crippen LogP contribution is -1.96. The van der Waals surface area contributed by atoms with Gasteiger partial charge in [0, 0.05) is 48.3 Å². The molecule has 0 aliphatic heterocycles. The maximum absolute atomic E-state index is 10.8. The zero-order valence-electron chi connectivity index (χ0n) is 11.7. The van der Waals surface area contributed by atoms with Gasteiger partial charge in [0.25, 0.3) is 0 Å². The van der Waals surface area contributed by atoms with E-state index in [2.05, 4.69) is 47.8 Å². The van der Waals surface area contributed by atoms with Crippen LogP contribution in [0, 0.1) is 0 Å². The maximum Gasteiger partial charge on any atom is 0.328 e. The average molecular weight is 525 g/mol. The summed E-state index contributed by atoms with van der Waals surface area (Å²) in [6.45, 7) is 0. The quantitative estimate of drug-likeness (QED) is 0.479. The minimum atomic E-state index is -1.16. The minimum Gasteiger partial charge on any atom is -0.478 e. The molecule has 9 heteroatoms. The number of carboxylic acids is 3. The average Bonchev–Trinajstić information content (AvgIpc) is 2.45. The molecule has 0 heterocycles. The van der Waals surface area contributed by atoms with Gasteiger partial charge in [0.2, 0.25) is 0 Å². The Morgan fingerprint density at radius 3 is 0.958 bits per heavy atom. The summed E-state index contributed by atoms with van der Waals surface area (Å²) in [5, 5.41) is 26.4. The monoisotopic (exact) mass is 522 g/mol. The van der Waals surface area contributed by atoms with Crippen molar-refractivity contribution in [3.63, 3.8) is 0 Å². The fourth-order valence-electron chi connectivity index (χ4n) is 1.63. The van der Waals surface area contributed by atoms with Crippen LogP contribution >= 0.6 is 47.8 Å². The summed E-state index contributed by atoms with van der Waals surface area (Å²) in [6, 6.07) is 0. The molecule has 126 valence electrons. The highest BCUT2D eigenvalue weighted by Gasteiger charge is 2.17. The first-order valence-electron chi connectivity index (χ1n) is 6.08. The number of hydrogen-bond donors (Lipinski definition) is 3. The Labute approximate surface area is 161 Å². The Morgan fingerprint density at radius 2 is 0.792 bits per heavy atom. The van der Waals surface area contributed by atoms with Gasteiger partial charge in [0.1, 0.15) is 0 Å². The Hall–Kier alpha value is -1.71. The first kappa shape index (κ1) is 20.3. The van der Waals surface area contributed by atoms with Crippen LogP contribution in [0.15, 0.2) is 31.6 Å². The third-order valence-electron chi connectivity index (χ3n) is 2.60. The highest BCUT2D eigenvalue weighted by Crippen LogP contribution is 2.41. The topological polar surface area (TPSA) is 112 Å². The molecule has 0 saturated carbocycles. The molecule has 0 amide bonds. The van der Waals surface area contributed by atoms with Crippen LogP contribution in [-0.4, -0.2) is 33.2 Å². The van der Waals surface area contributed by atoms with Crippen LogP contribution in [0.3, 0.4) is 0 Å². The van der Waals surface area contributed by atoms with Crippen LogP contribution in [0.2, 0.25) is 0 Å². The van der Waals surface area contributed by atoms with Crippen molar-refractivity contribution in [3.05, 3.63) is 48.3 Å². The molecule has 0 atom stereocenters. The third kappa shape index (κ3) is 5.43. The Balaban J connectivity index is 3.73. The molecule has 0 fully saturated rings. The Morgan fingerprint density at radius 1 is 0.583 bits per heavy atom. The predicted molar refractivity (Wildman–Crippen MR) is 99.6 cm³/mol. The predicted octanol–water partition coefficient (Wildman–Crippen LogP) is 4.27. The first-order valence-corrected chi connectivity index (χ1v) is 8.46. The summed E-state index contributed by atoms with van der Waals surface area (Å²) < 4.78 is 1.30. The van der Waals surface area contributed by atoms with E-state index in [9.17, 15) is 14.4 Å². The van der Waals surface area contributed by atoms with E-state index in [4.69, 9.17) is 15.3 Å². The van der Waals surface area contributed by atoms with Crippen molar-refractivity contribution in [3.8, 4) is 0 Å². The number of carbonyl (C=O) groups is 3. The second-order valence-electron chi connectivity index (χ2n) is 4.20. The van der Waals surface area contributed by atoms with Crippen molar-refractivity contribution in [1.82, 2.24) is 0 Å². The van der Waals surface area contributed by atoms with Gasteiger partial charge < -0.3 is 15.3 Å². The molecule has 0 radical (unpaired) electrons. The summed E-state index contributed by atoms with van der Waals surface area (Å²) >= 11 is 9.93. The van der Waals surface area contributed by atoms with Gasteiger partial charge in [-0.15, -0.1) is 0 Å². The van der Waals surface area contributed by atoms with Gasteiger partial charge in [-0.3, -0.25) is 0 Å². The van der Waals surface area contributed by atoms with Gasteiger partial charge in [-0.25, -0.2) is 14.4 Å². The third-order valence-corrected chi connectivity index (χ3v) is 5.16. The van der Waals surface area contributed by atoms with E-state index in [-0.39, 0.29) is 0 Å². The molecule has 0 aliphatic carbocycles. The lowest BCUT2D eigenvalue weighted by atomic mass is 10.0. The fraction of sp³-hybridized carbons (Fsp3) is 0. The number of benzene rings is 1. The van der Waals surface area contributed by atoms with Crippen molar-refractivity contribution in [2.75, 3.05) is 0 Å². The molecule has 3 N–H and O–H groups in total. The van der Waals surface area contributed by atoms with Gasteiger partial charge in [0.05, 0.1) is 0 Å². The minimum absolute atomic E-state index is 0.413. The number of aliphatic carboxylic acids is 3. The summed E-state index contributed by atoms with van der Waals surface area (Å²) in [5.74, 6) is -3.49. The molecule has 0 spiro atoms. The molecule has 0 bridgehead atoms. The molecule has 1 rings (SSSR count). The lowest BCUT2D eigenvalue weighted by Gasteiger charge is -2.14. The van der Waals surface area contributed by atoms with Crippen LogP contribution in [0.1, 0.15) is 16.7 Å². The number of hydrogen-bond acceptors (Lipinski definition) is 3. The molecule has 1 aromatic rings. The molecule has 0 aliphatic rings. The zero-order chi connectivity index (χ0) is 18.4. The van der Waals surface area contributed by atoms with Gasteiger partial charge >= 0.3 is 17.9 Å². The SMILES string of the molecule is O=C(O)C=Cc1c(Br)c(C=CC(=O)O)c(Br)c(C=CC(=O)O)c1Br. The Bertz CT molecular complexity index is 667. The van der Waals surface area contributed by atoms with Crippen molar-refractivity contribution >= 4 is 83.9 Å². The van der Waals surface area contributed by atoms with Gasteiger partial charge in [-0.1, -0.05) is 0 Å².